The molecule has 0 bridgehead atoms. The molecule has 2 N–H and O–H groups in total. The second-order valence-corrected chi connectivity index (χ2v) is 7.19. The largest absolute Gasteiger partial charge is 0.508 e. The normalized spacial score (nSPS) is 13.5. The summed E-state index contributed by atoms with van der Waals surface area (Å²) < 4.78 is 0. The minimum absolute atomic E-state index is 0.338. The minimum Gasteiger partial charge on any atom is -0.508 e. The number of aromatic hydroxyl groups is 1. The average Bonchev–Trinajstić information content (AvgIpc) is 2.68. The molecule has 0 atom stereocenters. The fourth-order valence-corrected chi connectivity index (χ4v) is 3.90. The number of anilines is 1. The van der Waals surface area contributed by atoms with Gasteiger partial charge in [-0.05, 0) is 74.3 Å². The van der Waals surface area contributed by atoms with Crippen molar-refractivity contribution in [3.8, 4) is 5.75 Å². The lowest BCUT2D eigenvalue weighted by molar-refractivity contribution is 0.475. The third-order valence-electron chi connectivity index (χ3n) is 5.30. The van der Waals surface area contributed by atoms with Gasteiger partial charge in [-0.2, -0.15) is 0 Å². The van der Waals surface area contributed by atoms with E-state index >= 15 is 0 Å². The van der Waals surface area contributed by atoms with Crippen LogP contribution in [0.1, 0.15) is 42.5 Å². The van der Waals surface area contributed by atoms with Gasteiger partial charge in [0.2, 0.25) is 0 Å². The number of hydrogen-bond donors (Lipinski definition) is 2. The first kappa shape index (κ1) is 16.9. The van der Waals surface area contributed by atoms with Gasteiger partial charge in [0, 0.05) is 23.3 Å². The lowest BCUT2D eigenvalue weighted by Crippen LogP contribution is -2.12. The van der Waals surface area contributed by atoms with Crippen molar-refractivity contribution in [1.82, 2.24) is 4.98 Å². The van der Waals surface area contributed by atoms with Crippen LogP contribution in [0.5, 0.6) is 5.75 Å². The number of unbranched alkanes of at least 4 members (excludes halogenated alkanes) is 1. The molecule has 0 saturated carbocycles. The van der Waals surface area contributed by atoms with Crippen LogP contribution in [0, 0.1) is 0 Å². The van der Waals surface area contributed by atoms with Crippen LogP contribution in [0.4, 0.5) is 5.69 Å². The van der Waals surface area contributed by atoms with Crippen molar-refractivity contribution in [2.45, 2.75) is 44.9 Å². The fraction of sp³-hybridized carbons (Fsp3) is 0.348. The van der Waals surface area contributed by atoms with Gasteiger partial charge >= 0.3 is 0 Å². The SMILES string of the molecule is Oc1ccc(CCCCNc2c3c(nc4ccccc24)CCCC3)cc1. The molecule has 134 valence electrons. The Hall–Kier alpha value is -2.55. The van der Waals surface area contributed by atoms with E-state index in [2.05, 4.69) is 29.6 Å². The number of rotatable bonds is 6. The summed E-state index contributed by atoms with van der Waals surface area (Å²) in [5, 5.41) is 14.3. The molecule has 2 aromatic carbocycles. The molecule has 1 aliphatic rings. The lowest BCUT2D eigenvalue weighted by Gasteiger charge is -2.21. The molecule has 0 fully saturated rings. The summed E-state index contributed by atoms with van der Waals surface area (Å²) in [5.74, 6) is 0.338. The summed E-state index contributed by atoms with van der Waals surface area (Å²) in [6.07, 6.45) is 8.10. The van der Waals surface area contributed by atoms with E-state index < -0.39 is 0 Å². The number of para-hydroxylation sites is 1. The summed E-state index contributed by atoms with van der Waals surface area (Å²) in [5.41, 5.74) is 6.44. The Kier molecular flexibility index (Phi) is 5.05. The standard InChI is InChI=1S/C23H26N2O/c26-18-14-12-17(13-15-18)7-5-6-16-24-23-19-8-1-3-10-21(19)25-22-11-4-2-9-20(22)23/h1,3,8,10,12-15,26H,2,4-7,9,11,16H2,(H,24,25). The van der Waals surface area contributed by atoms with E-state index in [0.29, 0.717) is 5.75 Å². The molecule has 3 heteroatoms. The monoisotopic (exact) mass is 346 g/mol. The van der Waals surface area contributed by atoms with E-state index in [1.54, 1.807) is 12.1 Å². The number of fused-ring (bicyclic) bond motifs is 2. The summed E-state index contributed by atoms with van der Waals surface area (Å²) in [7, 11) is 0. The highest BCUT2D eigenvalue weighted by molar-refractivity contribution is 5.93. The molecular formula is C23H26N2O. The molecule has 3 aromatic rings. The Morgan fingerprint density at radius 3 is 2.62 bits per heavy atom. The fourth-order valence-electron chi connectivity index (χ4n) is 3.90. The van der Waals surface area contributed by atoms with Crippen molar-refractivity contribution in [3.05, 3.63) is 65.4 Å². The Labute approximate surface area is 155 Å². The van der Waals surface area contributed by atoms with Crippen LogP contribution < -0.4 is 5.32 Å². The van der Waals surface area contributed by atoms with Crippen molar-refractivity contribution in [2.24, 2.45) is 0 Å². The molecule has 0 unspecified atom stereocenters. The average molecular weight is 346 g/mol. The second-order valence-electron chi connectivity index (χ2n) is 7.19. The summed E-state index contributed by atoms with van der Waals surface area (Å²) in [6, 6.07) is 16.1. The summed E-state index contributed by atoms with van der Waals surface area (Å²) >= 11 is 0. The molecule has 4 rings (SSSR count). The number of nitrogens with one attached hydrogen (secondary N) is 1. The van der Waals surface area contributed by atoms with Gasteiger partial charge in [-0.1, -0.05) is 30.3 Å². The molecular weight excluding hydrogens is 320 g/mol. The molecule has 1 aliphatic carbocycles. The summed E-state index contributed by atoms with van der Waals surface area (Å²) in [6.45, 7) is 0.985. The molecule has 26 heavy (non-hydrogen) atoms. The molecule has 0 amide bonds. The number of hydrogen-bond acceptors (Lipinski definition) is 3. The Bertz CT molecular complexity index is 887. The van der Waals surface area contributed by atoms with E-state index in [1.807, 2.05) is 12.1 Å². The molecule has 3 nitrogen and oxygen atoms in total. The maximum absolute atomic E-state index is 9.36. The number of benzene rings is 2. The van der Waals surface area contributed by atoms with Crippen LogP contribution in [-0.4, -0.2) is 16.6 Å². The van der Waals surface area contributed by atoms with Gasteiger partial charge < -0.3 is 10.4 Å². The number of phenols is 1. The first-order valence-corrected chi connectivity index (χ1v) is 9.73. The van der Waals surface area contributed by atoms with Gasteiger partial charge in [-0.3, -0.25) is 4.98 Å². The maximum Gasteiger partial charge on any atom is 0.115 e. The number of aromatic nitrogens is 1. The minimum atomic E-state index is 0.338. The number of nitrogens with zero attached hydrogens (tertiary/aromatic N) is 1. The maximum atomic E-state index is 9.36. The first-order chi connectivity index (χ1) is 12.8. The van der Waals surface area contributed by atoms with Crippen molar-refractivity contribution < 1.29 is 5.11 Å². The number of aryl methyl sites for hydroxylation is 2. The van der Waals surface area contributed by atoms with Crippen molar-refractivity contribution in [1.29, 1.82) is 0 Å². The van der Waals surface area contributed by atoms with Gasteiger partial charge in [0.1, 0.15) is 5.75 Å². The van der Waals surface area contributed by atoms with Crippen LogP contribution in [0.2, 0.25) is 0 Å². The highest BCUT2D eigenvalue weighted by Gasteiger charge is 2.17. The smallest absolute Gasteiger partial charge is 0.115 e. The predicted octanol–water partition coefficient (Wildman–Crippen LogP) is 5.25. The van der Waals surface area contributed by atoms with Gasteiger partial charge in [0.05, 0.1) is 5.52 Å². The van der Waals surface area contributed by atoms with Crippen LogP contribution in [0.3, 0.4) is 0 Å². The zero-order valence-corrected chi connectivity index (χ0v) is 15.2. The van der Waals surface area contributed by atoms with E-state index in [9.17, 15) is 5.11 Å². The third kappa shape index (κ3) is 3.67. The molecule has 1 aromatic heterocycles. The first-order valence-electron chi connectivity index (χ1n) is 9.73. The zero-order chi connectivity index (χ0) is 17.8. The molecule has 0 aliphatic heterocycles. The van der Waals surface area contributed by atoms with E-state index in [0.717, 1.165) is 44.2 Å². The van der Waals surface area contributed by atoms with Crippen LogP contribution >= 0.6 is 0 Å². The van der Waals surface area contributed by atoms with E-state index in [1.165, 1.54) is 40.7 Å². The van der Waals surface area contributed by atoms with Crippen molar-refractivity contribution >= 4 is 16.6 Å². The zero-order valence-electron chi connectivity index (χ0n) is 15.2. The topological polar surface area (TPSA) is 45.1 Å². The quantitative estimate of drug-likeness (QED) is 0.599. The predicted molar refractivity (Wildman–Crippen MR) is 108 cm³/mol. The molecule has 0 radical (unpaired) electrons. The summed E-state index contributed by atoms with van der Waals surface area (Å²) in [4.78, 5) is 4.91. The van der Waals surface area contributed by atoms with Gasteiger partial charge in [-0.15, -0.1) is 0 Å². The van der Waals surface area contributed by atoms with Gasteiger partial charge in [0.25, 0.3) is 0 Å². The van der Waals surface area contributed by atoms with E-state index in [-0.39, 0.29) is 0 Å². The van der Waals surface area contributed by atoms with Gasteiger partial charge in [0.15, 0.2) is 0 Å². The number of phenolic OH excluding ortho intramolecular Hbond substituents is 1. The lowest BCUT2D eigenvalue weighted by atomic mass is 9.92. The highest BCUT2D eigenvalue weighted by atomic mass is 16.3. The number of pyridine rings is 1. The molecule has 0 saturated heterocycles. The second kappa shape index (κ2) is 7.77. The van der Waals surface area contributed by atoms with Gasteiger partial charge in [-0.25, -0.2) is 0 Å². The Balaban J connectivity index is 1.42. The van der Waals surface area contributed by atoms with Crippen LogP contribution in [0.25, 0.3) is 10.9 Å². The van der Waals surface area contributed by atoms with Crippen LogP contribution in [-0.2, 0) is 19.3 Å². The van der Waals surface area contributed by atoms with Crippen molar-refractivity contribution in [3.63, 3.8) is 0 Å². The van der Waals surface area contributed by atoms with E-state index in [4.69, 9.17) is 4.98 Å². The van der Waals surface area contributed by atoms with Crippen LogP contribution in [0.15, 0.2) is 48.5 Å². The van der Waals surface area contributed by atoms with Crippen molar-refractivity contribution in [2.75, 3.05) is 11.9 Å². The Morgan fingerprint density at radius 2 is 1.73 bits per heavy atom. The molecule has 1 heterocycles. The molecule has 0 spiro atoms. The highest BCUT2D eigenvalue weighted by Crippen LogP contribution is 2.33. The Morgan fingerprint density at radius 1 is 0.923 bits per heavy atom. The third-order valence-corrected chi connectivity index (χ3v) is 5.30.